The van der Waals surface area contributed by atoms with Crippen LogP contribution < -0.4 is 4.74 Å². The first-order valence-corrected chi connectivity index (χ1v) is 13.1. The first-order chi connectivity index (χ1) is 16.5. The predicted octanol–water partition coefficient (Wildman–Crippen LogP) is 6.23. The molecule has 0 aliphatic carbocycles. The highest BCUT2D eigenvalue weighted by Gasteiger charge is 2.31. The zero-order chi connectivity index (χ0) is 23.8. The molecule has 2 aliphatic rings. The van der Waals surface area contributed by atoms with Crippen LogP contribution in [0.2, 0.25) is 0 Å². The standard InChI is InChI=1S/C30H42N2O2/c1-25-9-7-18-32(25)19-8-22-33-29-14-12-28(13-15-29)26(2)34-24-30(3)16-20-31(21-17-30)23-27-10-5-4-6-11-27/h4-6,10-15,25H,2,7-9,16-24H2,1,3H3. The summed E-state index contributed by atoms with van der Waals surface area (Å²) in [6.07, 6.45) is 6.04. The average Bonchev–Trinajstić information content (AvgIpc) is 3.27. The number of hydrogen-bond acceptors (Lipinski definition) is 4. The van der Waals surface area contributed by atoms with Crippen LogP contribution in [0.25, 0.3) is 5.76 Å². The van der Waals surface area contributed by atoms with Crippen molar-refractivity contribution >= 4 is 5.76 Å². The number of likely N-dealkylation sites (tertiary alicyclic amines) is 2. The van der Waals surface area contributed by atoms with E-state index >= 15 is 0 Å². The molecular weight excluding hydrogens is 420 g/mol. The minimum atomic E-state index is 0.200. The SMILES string of the molecule is C=C(OCC1(C)CCN(Cc2ccccc2)CC1)c1ccc(OCCCN2CCCC2C)cc1. The number of rotatable bonds is 11. The first kappa shape index (κ1) is 24.8. The molecule has 0 amide bonds. The first-order valence-electron chi connectivity index (χ1n) is 13.1. The molecule has 2 aromatic rings. The Morgan fingerprint density at radius 3 is 2.44 bits per heavy atom. The van der Waals surface area contributed by atoms with Crippen molar-refractivity contribution in [1.82, 2.24) is 9.80 Å². The van der Waals surface area contributed by atoms with Gasteiger partial charge in [0.05, 0.1) is 13.2 Å². The Bertz CT molecular complexity index is 888. The largest absolute Gasteiger partial charge is 0.494 e. The maximum atomic E-state index is 6.17. The number of hydrogen-bond donors (Lipinski definition) is 0. The minimum Gasteiger partial charge on any atom is -0.494 e. The second-order valence-electron chi connectivity index (χ2n) is 10.5. The zero-order valence-electron chi connectivity index (χ0n) is 21.2. The van der Waals surface area contributed by atoms with E-state index in [9.17, 15) is 0 Å². The van der Waals surface area contributed by atoms with E-state index in [4.69, 9.17) is 9.47 Å². The summed E-state index contributed by atoms with van der Waals surface area (Å²) in [6, 6.07) is 19.7. The summed E-state index contributed by atoms with van der Waals surface area (Å²) in [4.78, 5) is 5.12. The second kappa shape index (κ2) is 11.9. The van der Waals surface area contributed by atoms with Crippen molar-refractivity contribution in [2.24, 2.45) is 5.41 Å². The lowest BCUT2D eigenvalue weighted by atomic mass is 9.81. The van der Waals surface area contributed by atoms with E-state index in [-0.39, 0.29) is 5.41 Å². The van der Waals surface area contributed by atoms with Gasteiger partial charge in [0.2, 0.25) is 0 Å². The van der Waals surface area contributed by atoms with Crippen LogP contribution in [0.1, 0.15) is 57.1 Å². The van der Waals surface area contributed by atoms with Gasteiger partial charge in [-0.1, -0.05) is 43.8 Å². The average molecular weight is 463 g/mol. The molecule has 0 N–H and O–H groups in total. The van der Waals surface area contributed by atoms with Gasteiger partial charge >= 0.3 is 0 Å². The molecule has 4 nitrogen and oxygen atoms in total. The molecule has 0 aromatic heterocycles. The fourth-order valence-corrected chi connectivity index (χ4v) is 5.10. The Morgan fingerprint density at radius 1 is 1.03 bits per heavy atom. The van der Waals surface area contributed by atoms with Crippen LogP contribution >= 0.6 is 0 Å². The van der Waals surface area contributed by atoms with Crippen LogP contribution in [0.5, 0.6) is 5.75 Å². The molecule has 184 valence electrons. The number of piperidine rings is 1. The van der Waals surface area contributed by atoms with E-state index < -0.39 is 0 Å². The molecule has 0 radical (unpaired) electrons. The van der Waals surface area contributed by atoms with Gasteiger partial charge in [-0.25, -0.2) is 0 Å². The van der Waals surface area contributed by atoms with Crippen molar-refractivity contribution in [1.29, 1.82) is 0 Å². The van der Waals surface area contributed by atoms with E-state index in [1.807, 2.05) is 12.1 Å². The molecule has 1 unspecified atom stereocenters. The Kier molecular flexibility index (Phi) is 8.69. The van der Waals surface area contributed by atoms with Gasteiger partial charge in [0.15, 0.2) is 0 Å². The quantitative estimate of drug-likeness (QED) is 0.292. The van der Waals surface area contributed by atoms with Gasteiger partial charge in [-0.2, -0.15) is 0 Å². The van der Waals surface area contributed by atoms with Gasteiger partial charge in [0.25, 0.3) is 0 Å². The summed E-state index contributed by atoms with van der Waals surface area (Å²) in [5.74, 6) is 1.67. The fourth-order valence-electron chi connectivity index (χ4n) is 5.10. The highest BCUT2D eigenvalue weighted by molar-refractivity contribution is 5.58. The Hall–Kier alpha value is -2.30. The van der Waals surface area contributed by atoms with Crippen LogP contribution in [-0.2, 0) is 11.3 Å². The minimum absolute atomic E-state index is 0.200. The van der Waals surface area contributed by atoms with Gasteiger partial charge < -0.3 is 14.4 Å². The molecule has 4 heteroatoms. The lowest BCUT2D eigenvalue weighted by Gasteiger charge is -2.39. The third kappa shape index (κ3) is 7.10. The molecule has 2 aliphatic heterocycles. The third-order valence-electron chi connectivity index (χ3n) is 7.63. The Balaban J connectivity index is 1.15. The predicted molar refractivity (Wildman–Crippen MR) is 141 cm³/mol. The third-order valence-corrected chi connectivity index (χ3v) is 7.63. The topological polar surface area (TPSA) is 24.9 Å². The molecule has 0 bridgehead atoms. The maximum absolute atomic E-state index is 6.17. The highest BCUT2D eigenvalue weighted by Crippen LogP contribution is 2.33. The van der Waals surface area contributed by atoms with Gasteiger partial charge in [-0.3, -0.25) is 4.90 Å². The number of nitrogens with zero attached hydrogens (tertiary/aromatic N) is 2. The van der Waals surface area contributed by atoms with E-state index in [1.165, 1.54) is 24.9 Å². The zero-order valence-corrected chi connectivity index (χ0v) is 21.2. The summed E-state index contributed by atoms with van der Waals surface area (Å²) in [5.41, 5.74) is 2.62. The van der Waals surface area contributed by atoms with Gasteiger partial charge in [-0.05, 0) is 88.5 Å². The molecule has 2 heterocycles. The summed E-state index contributed by atoms with van der Waals surface area (Å²) in [5, 5.41) is 0. The molecule has 2 aromatic carbocycles. The van der Waals surface area contributed by atoms with Crippen molar-refractivity contribution in [3.05, 3.63) is 72.3 Å². The van der Waals surface area contributed by atoms with E-state index in [0.717, 1.165) is 81.8 Å². The molecule has 34 heavy (non-hydrogen) atoms. The van der Waals surface area contributed by atoms with Crippen LogP contribution in [0.4, 0.5) is 0 Å². The Morgan fingerprint density at radius 2 is 1.76 bits per heavy atom. The number of benzene rings is 2. The molecule has 2 fully saturated rings. The van der Waals surface area contributed by atoms with Crippen molar-refractivity contribution in [2.45, 2.75) is 58.5 Å². The van der Waals surface area contributed by atoms with Gasteiger partial charge in [-0.15, -0.1) is 0 Å². The molecule has 2 saturated heterocycles. The molecular formula is C30H42N2O2. The summed E-state index contributed by atoms with van der Waals surface area (Å²) < 4.78 is 12.1. The molecule has 0 spiro atoms. The van der Waals surface area contributed by atoms with E-state index in [2.05, 4.69) is 72.7 Å². The lowest BCUT2D eigenvalue weighted by molar-refractivity contribution is 0.0551. The van der Waals surface area contributed by atoms with Crippen LogP contribution in [-0.4, -0.2) is 55.2 Å². The van der Waals surface area contributed by atoms with Crippen molar-refractivity contribution in [2.75, 3.05) is 39.4 Å². The smallest absolute Gasteiger partial charge is 0.119 e. The van der Waals surface area contributed by atoms with Gasteiger partial charge in [0, 0.05) is 30.1 Å². The summed E-state index contributed by atoms with van der Waals surface area (Å²) >= 11 is 0. The summed E-state index contributed by atoms with van der Waals surface area (Å²) in [6.45, 7) is 16.0. The van der Waals surface area contributed by atoms with Crippen molar-refractivity contribution in [3.63, 3.8) is 0 Å². The monoisotopic (exact) mass is 462 g/mol. The maximum Gasteiger partial charge on any atom is 0.119 e. The fraction of sp³-hybridized carbons (Fsp3) is 0.533. The normalized spacial score (nSPS) is 20.8. The summed E-state index contributed by atoms with van der Waals surface area (Å²) in [7, 11) is 0. The number of ether oxygens (including phenoxy) is 2. The molecule has 1 atom stereocenters. The Labute approximate surface area is 206 Å². The molecule has 4 rings (SSSR count). The van der Waals surface area contributed by atoms with E-state index in [0.29, 0.717) is 0 Å². The molecule has 0 saturated carbocycles. The van der Waals surface area contributed by atoms with Crippen LogP contribution in [0, 0.1) is 5.41 Å². The van der Waals surface area contributed by atoms with Gasteiger partial charge in [0.1, 0.15) is 11.5 Å². The second-order valence-corrected chi connectivity index (χ2v) is 10.5. The van der Waals surface area contributed by atoms with Crippen LogP contribution in [0.3, 0.4) is 0 Å². The highest BCUT2D eigenvalue weighted by atomic mass is 16.5. The van der Waals surface area contributed by atoms with Crippen LogP contribution in [0.15, 0.2) is 61.2 Å². The van der Waals surface area contributed by atoms with Crippen molar-refractivity contribution < 1.29 is 9.47 Å². The van der Waals surface area contributed by atoms with Crippen molar-refractivity contribution in [3.8, 4) is 5.75 Å². The van der Waals surface area contributed by atoms with E-state index in [1.54, 1.807) is 0 Å². The lowest BCUT2D eigenvalue weighted by Crippen LogP contribution is -2.40.